The number of nitrogens with two attached hydrogens (primary N) is 5. The third-order valence-corrected chi connectivity index (χ3v) is 10.4. The third-order valence-electron chi connectivity index (χ3n) is 8.67. The minimum absolute atomic E-state index is 0.218. The van der Waals surface area contributed by atoms with Gasteiger partial charge in [-0.15, -0.1) is 0 Å². The van der Waals surface area contributed by atoms with Crippen molar-refractivity contribution in [2.24, 2.45) is 22.9 Å². The molecule has 0 radical (unpaired) electrons. The zero-order valence-electron chi connectivity index (χ0n) is 39.6. The zero-order chi connectivity index (χ0) is 51.9. The number of hydrogen-bond donors (Lipinski definition) is 20. The number of anilines is 1. The lowest BCUT2D eigenvalue weighted by molar-refractivity contribution is -0.0511. The molecule has 28 nitrogen and oxygen atoms in total. The molecule has 3 heterocycles. The topological polar surface area (TPSA) is 497 Å². The number of nitrogens with zero attached hydrogens (tertiary/aromatic N) is 4. The Balaban J connectivity index is -0.000000770. The average molecular weight is 1030 g/mol. The molecule has 2 aromatic rings. The standard InChI is InChI=1S/C10H13N5O4.4C7H18N2O.H4O7P2/c11-8-5-9(13-2-12-8)15(3-14-5)10-7(18)6(17)4(1-16)19-10;4*8-4-1-2-5-9-6-3-7-10;1-8(2,3)7-9(4,5)6/h2-4,6-7,10,16-18H,1H2,(H2,11,12,13);4*9-10H,1-8H2;(H2,1,2,3)(H2,4,5,6)/t4-,6-,7-,10-;;;;;/m1...../s1. The number of nitrogens with one attached hydrogen (secondary N) is 4. The maximum atomic E-state index is 9.95. The van der Waals surface area contributed by atoms with Crippen LogP contribution in [0.2, 0.25) is 0 Å². The number of aliphatic hydroxyl groups is 7. The van der Waals surface area contributed by atoms with Gasteiger partial charge in [-0.3, -0.25) is 4.57 Å². The van der Waals surface area contributed by atoms with E-state index >= 15 is 0 Å². The molecule has 406 valence electrons. The Bertz CT molecular complexity index is 1360. The summed E-state index contributed by atoms with van der Waals surface area (Å²) in [6, 6.07) is 0. The van der Waals surface area contributed by atoms with Crippen LogP contribution in [-0.2, 0) is 18.2 Å². The van der Waals surface area contributed by atoms with E-state index < -0.39 is 46.8 Å². The second-order valence-electron chi connectivity index (χ2n) is 14.7. The van der Waals surface area contributed by atoms with Gasteiger partial charge in [-0.25, -0.2) is 24.1 Å². The predicted molar refractivity (Wildman–Crippen MR) is 259 cm³/mol. The van der Waals surface area contributed by atoms with Crippen LogP contribution < -0.4 is 49.9 Å². The molecule has 0 spiro atoms. The van der Waals surface area contributed by atoms with Crippen LogP contribution in [0.3, 0.4) is 0 Å². The monoisotopic (exact) mass is 1030 g/mol. The summed E-state index contributed by atoms with van der Waals surface area (Å²) >= 11 is 0. The van der Waals surface area contributed by atoms with E-state index in [2.05, 4.69) is 40.5 Å². The molecule has 1 saturated heterocycles. The summed E-state index contributed by atoms with van der Waals surface area (Å²) in [5, 5.41) is 75.2. The van der Waals surface area contributed by atoms with E-state index in [1.54, 1.807) is 0 Å². The van der Waals surface area contributed by atoms with E-state index in [0.29, 0.717) is 11.2 Å². The average Bonchev–Trinajstić information content (AvgIpc) is 3.85. The van der Waals surface area contributed by atoms with Gasteiger partial charge in [0.05, 0.1) is 12.9 Å². The van der Waals surface area contributed by atoms with Gasteiger partial charge >= 0.3 is 15.6 Å². The van der Waals surface area contributed by atoms with Gasteiger partial charge < -0.3 is 110 Å². The van der Waals surface area contributed by atoms with Crippen molar-refractivity contribution in [2.45, 2.75) is 102 Å². The second-order valence-corrected chi connectivity index (χ2v) is 17.3. The highest BCUT2D eigenvalue weighted by atomic mass is 31.3. The van der Waals surface area contributed by atoms with Crippen molar-refractivity contribution in [3.05, 3.63) is 12.7 Å². The number of aromatic nitrogens is 4. The van der Waals surface area contributed by atoms with Crippen LogP contribution in [-0.4, -0.2) is 205 Å². The molecule has 1 aliphatic rings. The molecule has 0 aliphatic carbocycles. The number of nitrogen functional groups attached to an aromatic ring is 1. The van der Waals surface area contributed by atoms with Gasteiger partial charge in [0.2, 0.25) is 0 Å². The number of rotatable bonds is 32. The molecule has 1 aliphatic heterocycles. The van der Waals surface area contributed by atoms with E-state index in [0.717, 1.165) is 156 Å². The van der Waals surface area contributed by atoms with E-state index in [4.69, 9.17) is 78.5 Å². The Labute approximate surface area is 400 Å². The summed E-state index contributed by atoms with van der Waals surface area (Å²) in [6.07, 6.45) is 10.9. The molecule has 2 aromatic heterocycles. The molecule has 0 bridgehead atoms. The molecule has 0 aromatic carbocycles. The number of imidazole rings is 1. The summed E-state index contributed by atoms with van der Waals surface area (Å²) in [4.78, 5) is 42.9. The lowest BCUT2D eigenvalue weighted by Crippen LogP contribution is -2.33. The van der Waals surface area contributed by atoms with Crippen molar-refractivity contribution in [3.8, 4) is 0 Å². The molecule has 0 unspecified atom stereocenters. The Hall–Kier alpha value is -2.03. The minimum atomic E-state index is -5.05. The van der Waals surface area contributed by atoms with Gasteiger partial charge in [0, 0.05) is 26.4 Å². The number of phosphoric acid groups is 2. The van der Waals surface area contributed by atoms with Gasteiger partial charge in [0.1, 0.15) is 30.2 Å². The fraction of sp³-hybridized carbons (Fsp3) is 0.868. The number of unbranched alkanes of at least 4 members (excludes halogenated alkanes) is 4. The zero-order valence-corrected chi connectivity index (χ0v) is 41.4. The first-order chi connectivity index (χ1) is 32.5. The number of hydrogen-bond acceptors (Lipinski definition) is 23. The SMILES string of the molecule is NCCCCNCCCO.NCCCCNCCCO.NCCCCNCCCO.NCCCCNCCCO.Nc1ncnc2c1ncn2[C@@H]1O[C@H](CO)[C@@H](O)[C@H]1O.O=P(O)(O)OP(=O)(O)O. The fourth-order valence-corrected chi connectivity index (χ4v) is 6.31. The molecular formula is C38H89N13O15P2. The van der Waals surface area contributed by atoms with Crippen LogP contribution in [0.25, 0.3) is 11.2 Å². The maximum absolute atomic E-state index is 9.95. The highest BCUT2D eigenvalue weighted by molar-refractivity contribution is 7.60. The summed E-state index contributed by atoms with van der Waals surface area (Å²) in [6.45, 7) is 11.6. The lowest BCUT2D eigenvalue weighted by Gasteiger charge is -2.16. The van der Waals surface area contributed by atoms with Crippen LogP contribution >= 0.6 is 15.6 Å². The number of aliphatic hydroxyl groups excluding tert-OH is 7. The summed E-state index contributed by atoms with van der Waals surface area (Å²) in [7, 11) is -10.1. The Morgan fingerprint density at radius 3 is 1.19 bits per heavy atom. The van der Waals surface area contributed by atoms with Crippen molar-refractivity contribution in [3.63, 3.8) is 0 Å². The second kappa shape index (κ2) is 48.6. The Morgan fingerprint density at radius 1 is 0.559 bits per heavy atom. The molecular weight excluding hydrogens is 940 g/mol. The molecule has 3 rings (SSSR count). The van der Waals surface area contributed by atoms with E-state index in [9.17, 15) is 19.3 Å². The van der Waals surface area contributed by atoms with E-state index in [-0.39, 0.29) is 32.2 Å². The molecule has 4 atom stereocenters. The van der Waals surface area contributed by atoms with Crippen molar-refractivity contribution >= 4 is 32.6 Å². The predicted octanol–water partition coefficient (Wildman–Crippen LogP) is -4.00. The largest absolute Gasteiger partial charge is 0.478 e. The normalized spacial score (nSPS) is 16.5. The van der Waals surface area contributed by atoms with Gasteiger partial charge in [-0.2, -0.15) is 4.31 Å². The molecule has 68 heavy (non-hydrogen) atoms. The fourth-order valence-electron chi connectivity index (χ4n) is 5.20. The van der Waals surface area contributed by atoms with Crippen LogP contribution in [0.4, 0.5) is 5.82 Å². The molecule has 25 N–H and O–H groups in total. The first kappa shape index (κ1) is 70.2. The third kappa shape index (κ3) is 42.8. The van der Waals surface area contributed by atoms with Gasteiger partial charge in [-0.1, -0.05) is 0 Å². The van der Waals surface area contributed by atoms with Crippen molar-refractivity contribution in [1.29, 1.82) is 0 Å². The minimum Gasteiger partial charge on any atom is -0.396 e. The van der Waals surface area contributed by atoms with Crippen LogP contribution in [0.15, 0.2) is 12.7 Å². The molecule has 1 fully saturated rings. The van der Waals surface area contributed by atoms with Gasteiger partial charge in [0.15, 0.2) is 17.7 Å². The first-order valence-electron chi connectivity index (χ1n) is 22.9. The van der Waals surface area contributed by atoms with Crippen LogP contribution in [0.5, 0.6) is 0 Å². The molecule has 0 saturated carbocycles. The molecule has 30 heteroatoms. The Kier molecular flexibility index (Phi) is 50.2. The van der Waals surface area contributed by atoms with Crippen LogP contribution in [0, 0.1) is 0 Å². The number of ether oxygens (including phenoxy) is 1. The first-order valence-corrected chi connectivity index (χ1v) is 26.0. The van der Waals surface area contributed by atoms with Gasteiger partial charge in [0.25, 0.3) is 0 Å². The lowest BCUT2D eigenvalue weighted by atomic mass is 10.1. The van der Waals surface area contributed by atoms with Gasteiger partial charge in [-0.05, 0) is 156 Å². The summed E-state index contributed by atoms with van der Waals surface area (Å²) in [5.74, 6) is 0.218. The highest BCUT2D eigenvalue weighted by Gasteiger charge is 2.44. The number of fused-ring (bicyclic) bond motifs is 1. The summed E-state index contributed by atoms with van der Waals surface area (Å²) < 4.78 is 29.1. The Morgan fingerprint density at radius 2 is 0.912 bits per heavy atom. The smallest absolute Gasteiger partial charge is 0.396 e. The molecule has 0 amide bonds. The van der Waals surface area contributed by atoms with E-state index in [1.165, 1.54) is 17.2 Å². The van der Waals surface area contributed by atoms with Crippen molar-refractivity contribution in [1.82, 2.24) is 40.8 Å². The van der Waals surface area contributed by atoms with Crippen molar-refractivity contribution < 1.29 is 73.5 Å². The maximum Gasteiger partial charge on any atom is 0.478 e. The summed E-state index contributed by atoms with van der Waals surface area (Å²) in [5.41, 5.74) is 27.7. The highest BCUT2D eigenvalue weighted by Crippen LogP contribution is 2.53. The van der Waals surface area contributed by atoms with E-state index in [1.807, 2.05) is 0 Å². The van der Waals surface area contributed by atoms with Crippen molar-refractivity contribution in [2.75, 3.05) is 117 Å². The van der Waals surface area contributed by atoms with Crippen LogP contribution in [0.1, 0.15) is 83.3 Å². The quantitative estimate of drug-likeness (QED) is 0.0245.